The molecule has 2 aromatic heterocycles. The van der Waals surface area contributed by atoms with Crippen LogP contribution in [0.5, 0.6) is 0 Å². The first-order chi connectivity index (χ1) is 13.6. The lowest BCUT2D eigenvalue weighted by Gasteiger charge is -2.35. The summed E-state index contributed by atoms with van der Waals surface area (Å²) in [6, 6.07) is 13.4. The van der Waals surface area contributed by atoms with Crippen molar-refractivity contribution >= 4 is 23.2 Å². The van der Waals surface area contributed by atoms with Crippen LogP contribution in [0.15, 0.2) is 54.9 Å². The van der Waals surface area contributed by atoms with E-state index in [1.54, 1.807) is 7.11 Å². The molecule has 28 heavy (non-hydrogen) atoms. The van der Waals surface area contributed by atoms with E-state index in [0.717, 1.165) is 36.5 Å². The second-order valence-corrected chi connectivity index (χ2v) is 7.41. The number of fused-ring (bicyclic) bond motifs is 1. The number of benzene rings is 1. The Balaban J connectivity index is 1.36. The van der Waals surface area contributed by atoms with E-state index in [1.807, 2.05) is 64.2 Å². The van der Waals surface area contributed by atoms with E-state index in [0.29, 0.717) is 18.1 Å². The molecule has 7 heteroatoms. The minimum absolute atomic E-state index is 0.0238. The van der Waals surface area contributed by atoms with Gasteiger partial charge >= 0.3 is 0 Å². The Bertz CT molecular complexity index is 951. The number of pyridine rings is 1. The number of carbonyl (C=O) groups is 1. The minimum atomic E-state index is -0.545. The number of hydrogen-bond acceptors (Lipinski definition) is 4. The van der Waals surface area contributed by atoms with Gasteiger partial charge in [0.2, 0.25) is 0 Å². The van der Waals surface area contributed by atoms with Gasteiger partial charge in [-0.15, -0.1) is 0 Å². The predicted molar refractivity (Wildman–Crippen MR) is 108 cm³/mol. The van der Waals surface area contributed by atoms with Gasteiger partial charge in [-0.1, -0.05) is 41.9 Å². The van der Waals surface area contributed by atoms with Gasteiger partial charge < -0.3 is 14.0 Å². The Morgan fingerprint density at radius 2 is 1.86 bits per heavy atom. The van der Waals surface area contributed by atoms with Crippen molar-refractivity contribution in [2.24, 2.45) is 0 Å². The highest BCUT2D eigenvalue weighted by molar-refractivity contribution is 6.30. The van der Waals surface area contributed by atoms with Crippen molar-refractivity contribution in [1.29, 1.82) is 0 Å². The topological polar surface area (TPSA) is 50.1 Å². The lowest BCUT2D eigenvalue weighted by Crippen LogP contribution is -2.49. The predicted octanol–water partition coefficient (Wildman–Crippen LogP) is 3.02. The smallest absolute Gasteiger partial charge is 0.256 e. The van der Waals surface area contributed by atoms with Crippen LogP contribution in [0.1, 0.15) is 17.4 Å². The third-order valence-corrected chi connectivity index (χ3v) is 5.32. The number of ether oxygens (including phenoxy) is 1. The van der Waals surface area contributed by atoms with Gasteiger partial charge in [-0.05, 0) is 17.7 Å². The standard InChI is InChI=1S/C21H23ClN4O2/c1-28-20(16-5-3-2-4-6-16)21(27)25-11-9-24(10-12-25)14-18-15-26-13-17(22)7-8-19(26)23-18/h2-8,13,15,20H,9-12,14H2,1H3. The summed E-state index contributed by atoms with van der Waals surface area (Å²) in [7, 11) is 1.58. The zero-order valence-corrected chi connectivity index (χ0v) is 16.5. The number of amides is 1. The molecule has 0 bridgehead atoms. The molecule has 1 atom stereocenters. The van der Waals surface area contributed by atoms with Crippen molar-refractivity contribution in [2.75, 3.05) is 33.3 Å². The Hall–Kier alpha value is -2.41. The Morgan fingerprint density at radius 1 is 1.11 bits per heavy atom. The van der Waals surface area contributed by atoms with Crippen LogP contribution in [0.4, 0.5) is 0 Å². The fraction of sp³-hybridized carbons (Fsp3) is 0.333. The summed E-state index contributed by atoms with van der Waals surface area (Å²) < 4.78 is 7.43. The monoisotopic (exact) mass is 398 g/mol. The van der Waals surface area contributed by atoms with E-state index in [2.05, 4.69) is 9.88 Å². The fourth-order valence-corrected chi connectivity index (χ4v) is 3.79. The maximum Gasteiger partial charge on any atom is 0.256 e. The van der Waals surface area contributed by atoms with Gasteiger partial charge in [0.15, 0.2) is 6.10 Å². The Kier molecular flexibility index (Phi) is 5.62. The van der Waals surface area contributed by atoms with E-state index in [9.17, 15) is 4.79 Å². The maximum absolute atomic E-state index is 12.9. The SMILES string of the molecule is COC(C(=O)N1CCN(Cc2cn3cc(Cl)ccc3n2)CC1)c1ccccc1. The average molecular weight is 399 g/mol. The van der Waals surface area contributed by atoms with Crippen LogP contribution in [-0.4, -0.2) is 58.4 Å². The Morgan fingerprint density at radius 3 is 2.57 bits per heavy atom. The van der Waals surface area contributed by atoms with Crippen LogP contribution in [0.2, 0.25) is 5.02 Å². The molecule has 4 rings (SSSR count). The van der Waals surface area contributed by atoms with Crippen LogP contribution in [0.3, 0.4) is 0 Å². The molecule has 0 radical (unpaired) electrons. The molecular weight excluding hydrogens is 376 g/mol. The van der Waals surface area contributed by atoms with E-state index in [4.69, 9.17) is 16.3 Å². The average Bonchev–Trinajstić information content (AvgIpc) is 3.11. The molecule has 6 nitrogen and oxygen atoms in total. The van der Waals surface area contributed by atoms with E-state index in [-0.39, 0.29) is 5.91 Å². The van der Waals surface area contributed by atoms with Crippen molar-refractivity contribution in [1.82, 2.24) is 19.2 Å². The number of halogens is 1. The first-order valence-corrected chi connectivity index (χ1v) is 9.74. The van der Waals surface area contributed by atoms with Crippen molar-refractivity contribution in [3.05, 3.63) is 71.1 Å². The molecule has 146 valence electrons. The van der Waals surface area contributed by atoms with Gasteiger partial charge in [0.1, 0.15) is 5.65 Å². The first kappa shape index (κ1) is 18.9. The van der Waals surface area contributed by atoms with Crippen LogP contribution in [0.25, 0.3) is 5.65 Å². The van der Waals surface area contributed by atoms with Crippen LogP contribution in [0, 0.1) is 0 Å². The van der Waals surface area contributed by atoms with Gasteiger partial charge in [-0.2, -0.15) is 0 Å². The van der Waals surface area contributed by atoms with Crippen molar-refractivity contribution < 1.29 is 9.53 Å². The molecule has 3 heterocycles. The zero-order valence-electron chi connectivity index (χ0n) is 15.8. The quantitative estimate of drug-likeness (QED) is 0.663. The second-order valence-electron chi connectivity index (χ2n) is 6.97. The number of methoxy groups -OCH3 is 1. The molecule has 1 fully saturated rings. The highest BCUT2D eigenvalue weighted by atomic mass is 35.5. The fourth-order valence-electron chi connectivity index (χ4n) is 3.62. The van der Waals surface area contributed by atoms with Gasteiger partial charge in [0, 0.05) is 52.2 Å². The maximum atomic E-state index is 12.9. The van der Waals surface area contributed by atoms with Crippen molar-refractivity contribution in [3.63, 3.8) is 0 Å². The molecule has 0 aliphatic carbocycles. The molecule has 1 unspecified atom stereocenters. The lowest BCUT2D eigenvalue weighted by molar-refractivity contribution is -0.144. The summed E-state index contributed by atoms with van der Waals surface area (Å²) >= 11 is 6.04. The Labute approximate surface area is 169 Å². The lowest BCUT2D eigenvalue weighted by atomic mass is 10.1. The van der Waals surface area contributed by atoms with Crippen molar-refractivity contribution in [2.45, 2.75) is 12.6 Å². The van der Waals surface area contributed by atoms with Gasteiger partial charge in [-0.25, -0.2) is 4.98 Å². The summed E-state index contributed by atoms with van der Waals surface area (Å²) in [5.74, 6) is 0.0238. The number of carbonyl (C=O) groups excluding carboxylic acids is 1. The third-order valence-electron chi connectivity index (χ3n) is 5.10. The molecule has 0 saturated carbocycles. The molecule has 1 saturated heterocycles. The number of piperazine rings is 1. The minimum Gasteiger partial charge on any atom is -0.367 e. The second kappa shape index (κ2) is 8.31. The summed E-state index contributed by atoms with van der Waals surface area (Å²) in [6.07, 6.45) is 3.32. The van der Waals surface area contributed by atoms with Gasteiger partial charge in [0.25, 0.3) is 5.91 Å². The first-order valence-electron chi connectivity index (χ1n) is 9.36. The van der Waals surface area contributed by atoms with Gasteiger partial charge in [-0.3, -0.25) is 9.69 Å². The van der Waals surface area contributed by atoms with Crippen molar-refractivity contribution in [3.8, 4) is 0 Å². The number of rotatable bonds is 5. The highest BCUT2D eigenvalue weighted by Gasteiger charge is 2.28. The summed E-state index contributed by atoms with van der Waals surface area (Å²) in [4.78, 5) is 21.8. The molecule has 1 aromatic carbocycles. The summed E-state index contributed by atoms with van der Waals surface area (Å²) in [5.41, 5.74) is 2.78. The summed E-state index contributed by atoms with van der Waals surface area (Å²) in [6.45, 7) is 3.75. The summed E-state index contributed by atoms with van der Waals surface area (Å²) in [5, 5.41) is 0.690. The molecular formula is C21H23ClN4O2. The molecule has 0 N–H and O–H groups in total. The van der Waals surface area contributed by atoms with E-state index >= 15 is 0 Å². The number of aromatic nitrogens is 2. The molecule has 1 aliphatic heterocycles. The number of nitrogens with zero attached hydrogens (tertiary/aromatic N) is 4. The molecule has 3 aromatic rings. The molecule has 1 aliphatic rings. The van der Waals surface area contributed by atoms with Crippen LogP contribution >= 0.6 is 11.6 Å². The zero-order chi connectivity index (χ0) is 19.5. The van der Waals surface area contributed by atoms with Gasteiger partial charge in [0.05, 0.1) is 10.7 Å². The third kappa shape index (κ3) is 4.04. The largest absolute Gasteiger partial charge is 0.367 e. The normalized spacial score (nSPS) is 16.4. The van der Waals surface area contributed by atoms with Crippen LogP contribution in [-0.2, 0) is 16.1 Å². The number of hydrogen-bond donors (Lipinski definition) is 0. The highest BCUT2D eigenvalue weighted by Crippen LogP contribution is 2.20. The number of imidazole rings is 1. The van der Waals surface area contributed by atoms with E-state index in [1.165, 1.54) is 0 Å². The molecule has 0 spiro atoms. The van der Waals surface area contributed by atoms with E-state index < -0.39 is 6.10 Å². The van der Waals surface area contributed by atoms with Crippen LogP contribution < -0.4 is 0 Å². The molecule has 1 amide bonds.